The van der Waals surface area contributed by atoms with Gasteiger partial charge in [-0.2, -0.15) is 5.10 Å². The largest absolute Gasteiger partial charge is 0.337 e. The second-order valence-corrected chi connectivity index (χ2v) is 14.4. The molecule has 5 aromatic heterocycles. The van der Waals surface area contributed by atoms with E-state index in [1.54, 1.807) is 12.5 Å². The van der Waals surface area contributed by atoms with Crippen LogP contribution in [0, 0.1) is 0 Å². The molecule has 0 aliphatic rings. The van der Waals surface area contributed by atoms with E-state index in [9.17, 15) is 0 Å². The van der Waals surface area contributed by atoms with Crippen LogP contribution in [-0.2, 0) is 26.2 Å². The van der Waals surface area contributed by atoms with Gasteiger partial charge in [-0.05, 0) is 100 Å². The van der Waals surface area contributed by atoms with E-state index in [2.05, 4.69) is 68.0 Å². The molecule has 3 aromatic carbocycles. The van der Waals surface area contributed by atoms with Gasteiger partial charge >= 0.3 is 0 Å². The molecule has 8 rings (SSSR count). The van der Waals surface area contributed by atoms with Crippen LogP contribution >= 0.6 is 0 Å². The number of fused-ring (bicyclic) bond motifs is 1. The number of rotatable bonds is 19. The van der Waals surface area contributed by atoms with Crippen molar-refractivity contribution in [3.05, 3.63) is 135 Å². The molecular formula is C46H62N16. The molecule has 0 spiro atoms. The van der Waals surface area contributed by atoms with Crippen LogP contribution in [-0.4, -0.2) is 85.2 Å². The number of nitrogens with two attached hydrogens (primary N) is 4. The molecule has 0 fully saturated rings. The molecule has 5 heterocycles. The summed E-state index contributed by atoms with van der Waals surface area (Å²) in [6.45, 7) is 6.63. The molecule has 0 amide bonds. The van der Waals surface area contributed by atoms with Crippen LogP contribution in [0.2, 0.25) is 0 Å². The fraction of sp³-hybridized carbons (Fsp3) is 0.348. The second-order valence-electron chi connectivity index (χ2n) is 14.4. The van der Waals surface area contributed by atoms with Gasteiger partial charge in [0.2, 0.25) is 0 Å². The third-order valence-electron chi connectivity index (χ3n) is 9.62. The minimum atomic E-state index is 0.711. The van der Waals surface area contributed by atoms with Crippen LogP contribution in [0.5, 0.6) is 0 Å². The predicted octanol–water partition coefficient (Wildman–Crippen LogP) is 6.22. The van der Waals surface area contributed by atoms with E-state index in [1.807, 2.05) is 113 Å². The van der Waals surface area contributed by atoms with Crippen LogP contribution < -0.4 is 22.9 Å². The Morgan fingerprint density at radius 3 is 1.74 bits per heavy atom. The Morgan fingerprint density at radius 1 is 0.484 bits per heavy atom. The van der Waals surface area contributed by atoms with Gasteiger partial charge < -0.3 is 32.1 Å². The van der Waals surface area contributed by atoms with Crippen molar-refractivity contribution >= 4 is 11.2 Å². The first-order chi connectivity index (χ1) is 30.6. The third-order valence-corrected chi connectivity index (χ3v) is 9.62. The SMILES string of the molecule is NCCCCn1cnc(-c2ccccc2)c1.NCCCCn1cnc(-c2ccccc2)n1.NCCCCn1cnc2ncccc21.NCCCCn1nnnc1-c1ccccc1. The topological polar surface area (TPSA) is 227 Å². The van der Waals surface area contributed by atoms with Gasteiger partial charge in [0.1, 0.15) is 6.33 Å². The lowest BCUT2D eigenvalue weighted by Crippen LogP contribution is -2.06. The minimum Gasteiger partial charge on any atom is -0.337 e. The van der Waals surface area contributed by atoms with Crippen LogP contribution in [0.1, 0.15) is 51.4 Å². The van der Waals surface area contributed by atoms with Crippen molar-refractivity contribution in [2.75, 3.05) is 26.2 Å². The van der Waals surface area contributed by atoms with Gasteiger partial charge in [0.15, 0.2) is 17.3 Å². The van der Waals surface area contributed by atoms with E-state index in [0.29, 0.717) is 6.54 Å². The average Bonchev–Trinajstić information content (AvgIpc) is 4.17. The molecule has 0 radical (unpaired) electrons. The fourth-order valence-corrected chi connectivity index (χ4v) is 6.28. The average molecular weight is 839 g/mol. The molecule has 0 aliphatic heterocycles. The highest BCUT2D eigenvalue weighted by Gasteiger charge is 2.08. The number of hydrogen-bond donors (Lipinski definition) is 4. The Kier molecular flexibility index (Phi) is 20.6. The molecule has 8 aromatic rings. The van der Waals surface area contributed by atoms with Gasteiger partial charge in [0.25, 0.3) is 0 Å². The van der Waals surface area contributed by atoms with Crippen molar-refractivity contribution < 1.29 is 0 Å². The molecular weight excluding hydrogens is 777 g/mol. The lowest BCUT2D eigenvalue weighted by molar-refractivity contribution is 0.548. The van der Waals surface area contributed by atoms with E-state index >= 15 is 0 Å². The molecule has 62 heavy (non-hydrogen) atoms. The van der Waals surface area contributed by atoms with Crippen LogP contribution in [0.25, 0.3) is 45.2 Å². The molecule has 0 unspecified atom stereocenters. The molecule has 0 saturated carbocycles. The standard InChI is InChI=1S/C13H17N3.C12H16N4.C11H15N5.C10H14N4/c14-8-4-5-9-16-10-13(15-11-16)12-6-2-1-3-7-12;13-8-4-5-9-16-10-14-12(15-16)11-6-2-1-3-7-11;12-8-4-5-9-16-11(13-14-15-16)10-6-2-1-3-7-10;11-5-1-2-7-14-8-13-10-9(14)4-3-6-12-10/h1-3,6-7,10-11H,4-5,8-9,14H2;1-3,6-7,10H,4-5,8-9,13H2;1-3,6-7H,4-5,8-9,12H2;3-4,6,8H,1-2,5,7,11H2. The van der Waals surface area contributed by atoms with Crippen molar-refractivity contribution in [2.45, 2.75) is 77.5 Å². The number of aryl methyl sites for hydroxylation is 4. The Balaban J connectivity index is 0.000000156. The Morgan fingerprint density at radius 2 is 1.08 bits per heavy atom. The van der Waals surface area contributed by atoms with Gasteiger partial charge in [0, 0.05) is 55.3 Å². The van der Waals surface area contributed by atoms with Crippen molar-refractivity contribution in [1.29, 1.82) is 0 Å². The number of benzene rings is 3. The summed E-state index contributed by atoms with van der Waals surface area (Å²) in [6.07, 6.45) is 17.8. The summed E-state index contributed by atoms with van der Waals surface area (Å²) >= 11 is 0. The predicted molar refractivity (Wildman–Crippen MR) is 247 cm³/mol. The van der Waals surface area contributed by atoms with Gasteiger partial charge in [-0.25, -0.2) is 24.6 Å². The van der Waals surface area contributed by atoms with Crippen molar-refractivity contribution in [3.8, 4) is 34.0 Å². The molecule has 16 heteroatoms. The lowest BCUT2D eigenvalue weighted by atomic mass is 10.2. The van der Waals surface area contributed by atoms with E-state index in [-0.39, 0.29) is 0 Å². The number of pyridine rings is 1. The van der Waals surface area contributed by atoms with Crippen molar-refractivity contribution in [1.82, 2.24) is 59.1 Å². The highest BCUT2D eigenvalue weighted by molar-refractivity contribution is 5.70. The third kappa shape index (κ3) is 15.5. The van der Waals surface area contributed by atoms with E-state index in [0.717, 1.165) is 137 Å². The number of aromatic nitrogens is 12. The highest BCUT2D eigenvalue weighted by Crippen LogP contribution is 2.17. The summed E-state index contributed by atoms with van der Waals surface area (Å²) in [7, 11) is 0. The summed E-state index contributed by atoms with van der Waals surface area (Å²) in [6, 6.07) is 34.1. The Labute approximate surface area is 364 Å². The van der Waals surface area contributed by atoms with Crippen LogP contribution in [0.3, 0.4) is 0 Å². The zero-order chi connectivity index (χ0) is 43.5. The summed E-state index contributed by atoms with van der Waals surface area (Å²) < 4.78 is 7.94. The molecule has 16 nitrogen and oxygen atoms in total. The number of unbranched alkanes of at least 4 members (excludes halogenated alkanes) is 4. The molecule has 0 saturated heterocycles. The summed E-state index contributed by atoms with van der Waals surface area (Å²) in [5, 5.41) is 16.1. The Bertz CT molecular complexity index is 2250. The fourth-order valence-electron chi connectivity index (χ4n) is 6.28. The second kappa shape index (κ2) is 27.4. The normalized spacial score (nSPS) is 10.6. The highest BCUT2D eigenvalue weighted by atomic mass is 15.5. The monoisotopic (exact) mass is 839 g/mol. The van der Waals surface area contributed by atoms with Crippen molar-refractivity contribution in [3.63, 3.8) is 0 Å². The lowest BCUT2D eigenvalue weighted by Gasteiger charge is -2.03. The first-order valence-corrected chi connectivity index (χ1v) is 21.5. The van der Waals surface area contributed by atoms with Crippen molar-refractivity contribution in [2.24, 2.45) is 22.9 Å². The zero-order valence-corrected chi connectivity index (χ0v) is 35.7. The Hall–Kier alpha value is -6.46. The molecule has 0 aliphatic carbocycles. The molecule has 8 N–H and O–H groups in total. The minimum absolute atomic E-state index is 0.711. The van der Waals surface area contributed by atoms with Crippen LogP contribution in [0.15, 0.2) is 135 Å². The molecule has 0 atom stereocenters. The first kappa shape index (κ1) is 46.6. The maximum atomic E-state index is 5.46. The summed E-state index contributed by atoms with van der Waals surface area (Å²) in [5.41, 5.74) is 28.0. The van der Waals surface area contributed by atoms with Gasteiger partial charge in [-0.1, -0.05) is 91.0 Å². The van der Waals surface area contributed by atoms with E-state index in [1.165, 1.54) is 5.56 Å². The first-order valence-electron chi connectivity index (χ1n) is 21.5. The van der Waals surface area contributed by atoms with Crippen LogP contribution in [0.4, 0.5) is 0 Å². The summed E-state index contributed by atoms with van der Waals surface area (Å²) in [4.78, 5) is 17.1. The quantitative estimate of drug-likeness (QED) is 0.0666. The maximum absolute atomic E-state index is 5.46. The molecule has 326 valence electrons. The number of nitrogens with zero attached hydrogens (tertiary/aromatic N) is 12. The zero-order valence-electron chi connectivity index (χ0n) is 35.7. The van der Waals surface area contributed by atoms with Gasteiger partial charge in [-0.15, -0.1) is 5.10 Å². The smallest absolute Gasteiger partial charge is 0.182 e. The van der Waals surface area contributed by atoms with Gasteiger partial charge in [0.05, 0.1) is 23.9 Å². The summed E-state index contributed by atoms with van der Waals surface area (Å²) in [5.74, 6) is 1.60. The van der Waals surface area contributed by atoms with Gasteiger partial charge in [-0.3, -0.25) is 4.68 Å². The number of hydrogen-bond acceptors (Lipinski definition) is 12. The van der Waals surface area contributed by atoms with E-state index < -0.39 is 0 Å². The maximum Gasteiger partial charge on any atom is 0.182 e. The molecule has 0 bridgehead atoms. The number of tetrazole rings is 1. The van der Waals surface area contributed by atoms with E-state index in [4.69, 9.17) is 22.9 Å². The number of imidazole rings is 2.